The van der Waals surface area contributed by atoms with Gasteiger partial charge >= 0.3 is 0 Å². The minimum atomic E-state index is -0.376. The van der Waals surface area contributed by atoms with Crippen LogP contribution in [0.15, 0.2) is 67.3 Å². The number of carbonyl (C=O) groups excluding carboxylic acids is 1. The van der Waals surface area contributed by atoms with Crippen molar-refractivity contribution in [2.45, 2.75) is 0 Å². The van der Waals surface area contributed by atoms with E-state index in [2.05, 4.69) is 35.6 Å². The number of nitrogens with zero attached hydrogens (tertiary/aromatic N) is 7. The van der Waals surface area contributed by atoms with Crippen molar-refractivity contribution in [1.82, 2.24) is 34.9 Å². The fraction of sp³-hybridized carbons (Fsp3) is 0. The predicted molar refractivity (Wildman–Crippen MR) is 92.4 cm³/mol. The summed E-state index contributed by atoms with van der Waals surface area (Å²) in [5.41, 5.74) is 0.927. The van der Waals surface area contributed by atoms with Gasteiger partial charge in [0.15, 0.2) is 11.6 Å². The zero-order valence-electron chi connectivity index (χ0n) is 13.4. The summed E-state index contributed by atoms with van der Waals surface area (Å²) in [6.45, 7) is 0. The number of hydrogen-bond donors (Lipinski definition) is 1. The Balaban J connectivity index is 1.60. The summed E-state index contributed by atoms with van der Waals surface area (Å²) < 4.78 is 1.41. The lowest BCUT2D eigenvalue weighted by Gasteiger charge is -2.07. The Labute approximate surface area is 147 Å². The van der Waals surface area contributed by atoms with Crippen LogP contribution in [0.25, 0.3) is 17.3 Å². The first kappa shape index (κ1) is 15.5. The fourth-order valence-electron chi connectivity index (χ4n) is 2.29. The summed E-state index contributed by atoms with van der Waals surface area (Å²) in [6.07, 6.45) is 6.28. The quantitative estimate of drug-likeness (QED) is 0.600. The molecule has 0 atom stereocenters. The Bertz CT molecular complexity index is 1030. The second-order valence-electron chi connectivity index (χ2n) is 5.14. The highest BCUT2D eigenvalue weighted by Crippen LogP contribution is 2.14. The van der Waals surface area contributed by atoms with Gasteiger partial charge < -0.3 is 5.32 Å². The number of nitrogens with one attached hydrogen (secondary N) is 1. The number of hydrogen-bond acceptors (Lipinski definition) is 7. The molecule has 4 aromatic heterocycles. The van der Waals surface area contributed by atoms with E-state index in [1.54, 1.807) is 48.9 Å². The average molecular weight is 344 g/mol. The molecule has 4 heterocycles. The molecule has 0 aliphatic carbocycles. The van der Waals surface area contributed by atoms with Gasteiger partial charge in [0.05, 0.1) is 6.20 Å². The van der Waals surface area contributed by atoms with Gasteiger partial charge in [-0.25, -0.2) is 14.6 Å². The van der Waals surface area contributed by atoms with Gasteiger partial charge in [-0.3, -0.25) is 9.78 Å². The largest absolute Gasteiger partial charge is 0.305 e. The molecule has 9 nitrogen and oxygen atoms in total. The Kier molecular flexibility index (Phi) is 4.09. The highest BCUT2D eigenvalue weighted by Gasteiger charge is 2.15. The Morgan fingerprint density at radius 3 is 2.69 bits per heavy atom. The standard InChI is InChI=1S/C17H12N8O/c26-17(13-6-11-21-25(13)15-5-3-9-20-24-15)23-14-7-10-19-16(22-14)12-4-1-2-8-18-12/h1-11H,(H,19,22,23,26). The van der Waals surface area contributed by atoms with E-state index in [1.807, 2.05) is 12.1 Å². The third kappa shape index (κ3) is 3.13. The molecule has 0 saturated heterocycles. The van der Waals surface area contributed by atoms with E-state index in [9.17, 15) is 4.79 Å². The summed E-state index contributed by atoms with van der Waals surface area (Å²) in [5.74, 6) is 0.849. The maximum absolute atomic E-state index is 12.6. The van der Waals surface area contributed by atoms with Crippen LogP contribution in [-0.4, -0.2) is 40.8 Å². The molecule has 26 heavy (non-hydrogen) atoms. The van der Waals surface area contributed by atoms with Crippen molar-refractivity contribution in [3.63, 3.8) is 0 Å². The van der Waals surface area contributed by atoms with E-state index in [0.717, 1.165) is 0 Å². The van der Waals surface area contributed by atoms with Gasteiger partial charge in [-0.05, 0) is 36.4 Å². The van der Waals surface area contributed by atoms with Gasteiger partial charge in [-0.15, -0.1) is 5.10 Å². The molecule has 4 rings (SSSR count). The first-order valence-electron chi connectivity index (χ1n) is 7.69. The third-order valence-corrected chi connectivity index (χ3v) is 3.44. The Morgan fingerprint density at radius 1 is 0.923 bits per heavy atom. The molecule has 0 fully saturated rings. The molecule has 0 spiro atoms. The van der Waals surface area contributed by atoms with E-state index in [0.29, 0.717) is 28.8 Å². The summed E-state index contributed by atoms with van der Waals surface area (Å²) in [7, 11) is 0. The van der Waals surface area contributed by atoms with Crippen LogP contribution in [0.1, 0.15) is 10.5 Å². The van der Waals surface area contributed by atoms with Crippen molar-refractivity contribution in [1.29, 1.82) is 0 Å². The molecular weight excluding hydrogens is 332 g/mol. The number of rotatable bonds is 4. The van der Waals surface area contributed by atoms with Crippen molar-refractivity contribution in [2.24, 2.45) is 0 Å². The third-order valence-electron chi connectivity index (χ3n) is 3.44. The highest BCUT2D eigenvalue weighted by atomic mass is 16.2. The van der Waals surface area contributed by atoms with E-state index < -0.39 is 0 Å². The smallest absolute Gasteiger partial charge is 0.275 e. The van der Waals surface area contributed by atoms with Gasteiger partial charge in [0.2, 0.25) is 0 Å². The van der Waals surface area contributed by atoms with Gasteiger partial charge in [0.1, 0.15) is 17.2 Å². The SMILES string of the molecule is O=C(Nc1ccnc(-c2ccccn2)n1)c1ccnn1-c1cccnn1. The molecule has 0 bridgehead atoms. The Hall–Kier alpha value is -4.01. The van der Waals surface area contributed by atoms with Gasteiger partial charge in [0, 0.05) is 18.6 Å². The average Bonchev–Trinajstić information content (AvgIpc) is 3.20. The van der Waals surface area contributed by atoms with E-state index in [1.165, 1.54) is 10.9 Å². The molecular formula is C17H12N8O. The molecule has 4 aromatic rings. The van der Waals surface area contributed by atoms with Crippen LogP contribution in [0.4, 0.5) is 5.82 Å². The van der Waals surface area contributed by atoms with E-state index >= 15 is 0 Å². The Morgan fingerprint density at radius 2 is 1.88 bits per heavy atom. The molecule has 126 valence electrons. The second-order valence-corrected chi connectivity index (χ2v) is 5.14. The highest BCUT2D eigenvalue weighted by molar-refractivity contribution is 6.02. The number of anilines is 1. The molecule has 0 radical (unpaired) electrons. The minimum absolute atomic E-state index is 0.309. The lowest BCUT2D eigenvalue weighted by atomic mass is 10.3. The van der Waals surface area contributed by atoms with Crippen LogP contribution in [0.3, 0.4) is 0 Å². The molecule has 0 aromatic carbocycles. The van der Waals surface area contributed by atoms with Crippen molar-refractivity contribution < 1.29 is 4.79 Å². The molecule has 1 amide bonds. The maximum atomic E-state index is 12.6. The van der Waals surface area contributed by atoms with Crippen molar-refractivity contribution >= 4 is 11.7 Å². The van der Waals surface area contributed by atoms with Crippen LogP contribution in [0.2, 0.25) is 0 Å². The predicted octanol–water partition coefficient (Wildman–Crippen LogP) is 1.77. The van der Waals surface area contributed by atoms with Crippen LogP contribution in [-0.2, 0) is 0 Å². The molecule has 0 aliphatic heterocycles. The van der Waals surface area contributed by atoms with Crippen LogP contribution in [0, 0.1) is 0 Å². The monoisotopic (exact) mass is 344 g/mol. The first-order chi connectivity index (χ1) is 12.8. The molecule has 0 unspecified atom stereocenters. The number of pyridine rings is 1. The zero-order valence-corrected chi connectivity index (χ0v) is 13.4. The van der Waals surface area contributed by atoms with Gasteiger partial charge in [0.25, 0.3) is 5.91 Å². The van der Waals surface area contributed by atoms with Crippen LogP contribution >= 0.6 is 0 Å². The van der Waals surface area contributed by atoms with E-state index in [-0.39, 0.29) is 5.91 Å². The number of aromatic nitrogens is 7. The number of carbonyl (C=O) groups is 1. The first-order valence-corrected chi connectivity index (χ1v) is 7.69. The molecule has 9 heteroatoms. The normalized spacial score (nSPS) is 10.5. The number of amides is 1. The second kappa shape index (κ2) is 6.85. The van der Waals surface area contributed by atoms with Gasteiger partial charge in [-0.1, -0.05) is 6.07 Å². The lowest BCUT2D eigenvalue weighted by Crippen LogP contribution is -2.18. The molecule has 0 saturated carbocycles. The summed E-state index contributed by atoms with van der Waals surface area (Å²) >= 11 is 0. The zero-order chi connectivity index (χ0) is 17.8. The maximum Gasteiger partial charge on any atom is 0.275 e. The van der Waals surface area contributed by atoms with Crippen molar-refractivity contribution in [2.75, 3.05) is 5.32 Å². The topological polar surface area (TPSA) is 111 Å². The minimum Gasteiger partial charge on any atom is -0.305 e. The van der Waals surface area contributed by atoms with E-state index in [4.69, 9.17) is 0 Å². The summed E-state index contributed by atoms with van der Waals surface area (Å²) in [4.78, 5) is 25.3. The van der Waals surface area contributed by atoms with Crippen molar-refractivity contribution in [3.05, 3.63) is 72.9 Å². The van der Waals surface area contributed by atoms with Gasteiger partial charge in [-0.2, -0.15) is 10.2 Å². The molecule has 0 aliphatic rings. The van der Waals surface area contributed by atoms with Crippen molar-refractivity contribution in [3.8, 4) is 17.3 Å². The summed E-state index contributed by atoms with van der Waals surface area (Å²) in [6, 6.07) is 12.1. The lowest BCUT2D eigenvalue weighted by molar-refractivity contribution is 0.101. The fourth-order valence-corrected chi connectivity index (χ4v) is 2.29. The van der Waals surface area contributed by atoms with Crippen LogP contribution in [0.5, 0.6) is 0 Å². The van der Waals surface area contributed by atoms with Crippen LogP contribution < -0.4 is 5.32 Å². The molecule has 1 N–H and O–H groups in total. The summed E-state index contributed by atoms with van der Waals surface area (Å²) in [5, 5.41) is 14.6.